The number of rotatable bonds is 5. The minimum Gasteiger partial charge on any atom is -0.380 e. The molecule has 0 aliphatic carbocycles. The number of hydrogen-bond donors (Lipinski definition) is 1. The van der Waals surface area contributed by atoms with Gasteiger partial charge in [-0.25, -0.2) is 0 Å². The molecule has 0 saturated carbocycles. The average Bonchev–Trinajstić information content (AvgIpc) is 3.36. The molecule has 1 amide bonds. The molecule has 1 aromatic heterocycles. The molecular weight excluding hydrogens is 352 g/mol. The number of hydrogen-bond acceptors (Lipinski definition) is 4. The third-order valence-corrected chi connectivity index (χ3v) is 5.15. The molecule has 3 aromatic rings. The molecule has 1 aliphatic rings. The van der Waals surface area contributed by atoms with Gasteiger partial charge in [0.05, 0.1) is 11.8 Å². The van der Waals surface area contributed by atoms with Crippen molar-refractivity contribution in [1.82, 2.24) is 9.78 Å². The second kappa shape index (κ2) is 7.86. The van der Waals surface area contributed by atoms with Gasteiger partial charge in [0, 0.05) is 44.2 Å². The predicted molar refractivity (Wildman–Crippen MR) is 111 cm³/mol. The largest absolute Gasteiger partial charge is 0.380 e. The summed E-state index contributed by atoms with van der Waals surface area (Å²) < 4.78 is 7.04. The molecule has 4 rings (SSSR count). The Kier molecular flexibility index (Phi) is 5.12. The van der Waals surface area contributed by atoms with Gasteiger partial charge in [0.15, 0.2) is 0 Å². The molecule has 2 heterocycles. The minimum atomic E-state index is -0.175. The third kappa shape index (κ3) is 3.77. The van der Waals surface area contributed by atoms with Crippen LogP contribution in [-0.4, -0.2) is 42.0 Å². The lowest BCUT2D eigenvalue weighted by atomic mass is 10.1. The van der Waals surface area contributed by atoms with Gasteiger partial charge in [-0.3, -0.25) is 9.48 Å². The maximum absolute atomic E-state index is 12.7. The number of nitrogens with one attached hydrogen (secondary N) is 1. The smallest absolute Gasteiger partial charge is 0.273 e. The highest BCUT2D eigenvalue weighted by Gasteiger charge is 2.22. The first-order chi connectivity index (χ1) is 13.6. The fraction of sp³-hybridized carbons (Fsp3) is 0.273. The maximum atomic E-state index is 12.7. The average molecular weight is 376 g/mol. The second-order valence-corrected chi connectivity index (χ2v) is 7.00. The van der Waals surface area contributed by atoms with Crippen LogP contribution in [0.15, 0.2) is 60.7 Å². The third-order valence-electron chi connectivity index (χ3n) is 5.15. The molecule has 6 heteroatoms. The lowest BCUT2D eigenvalue weighted by Crippen LogP contribution is -2.22. The van der Waals surface area contributed by atoms with Crippen molar-refractivity contribution in [3.63, 3.8) is 0 Å². The highest BCUT2D eigenvalue weighted by atomic mass is 16.5. The number of aryl methyl sites for hydroxylation is 1. The summed E-state index contributed by atoms with van der Waals surface area (Å²) in [4.78, 5) is 15.0. The fourth-order valence-electron chi connectivity index (χ4n) is 3.54. The zero-order valence-electron chi connectivity index (χ0n) is 16.1. The van der Waals surface area contributed by atoms with Crippen LogP contribution in [0.3, 0.4) is 0 Å². The summed E-state index contributed by atoms with van der Waals surface area (Å²) in [6.45, 7) is 1.89. The molecule has 1 aliphatic heterocycles. The number of anilines is 2. The summed E-state index contributed by atoms with van der Waals surface area (Å²) in [6, 6.07) is 19.6. The Morgan fingerprint density at radius 2 is 1.89 bits per heavy atom. The molecular formula is C22H24N4O2. The SMILES string of the molecule is CO[C@@H]1CCN(c2ccc(NC(=O)c3cc(-c4ccccc4)nn3C)cc2)C1. The van der Waals surface area contributed by atoms with Crippen LogP contribution in [0.5, 0.6) is 0 Å². The lowest BCUT2D eigenvalue weighted by molar-refractivity contribution is 0.101. The molecule has 1 fully saturated rings. The maximum Gasteiger partial charge on any atom is 0.273 e. The van der Waals surface area contributed by atoms with Crippen molar-refractivity contribution in [1.29, 1.82) is 0 Å². The van der Waals surface area contributed by atoms with E-state index < -0.39 is 0 Å². The number of ether oxygens (including phenoxy) is 1. The summed E-state index contributed by atoms with van der Waals surface area (Å²) in [6.07, 6.45) is 1.34. The Morgan fingerprint density at radius 3 is 2.57 bits per heavy atom. The van der Waals surface area contributed by atoms with E-state index in [9.17, 15) is 4.79 Å². The van der Waals surface area contributed by atoms with Crippen molar-refractivity contribution in [2.75, 3.05) is 30.4 Å². The van der Waals surface area contributed by atoms with Crippen LogP contribution in [0.4, 0.5) is 11.4 Å². The van der Waals surface area contributed by atoms with Crippen LogP contribution in [0.1, 0.15) is 16.9 Å². The van der Waals surface area contributed by atoms with Crippen molar-refractivity contribution < 1.29 is 9.53 Å². The molecule has 28 heavy (non-hydrogen) atoms. The lowest BCUT2D eigenvalue weighted by Gasteiger charge is -2.18. The molecule has 0 spiro atoms. The van der Waals surface area contributed by atoms with E-state index in [4.69, 9.17) is 4.74 Å². The number of nitrogens with zero attached hydrogens (tertiary/aromatic N) is 3. The van der Waals surface area contributed by atoms with Gasteiger partial charge in [0.25, 0.3) is 5.91 Å². The Balaban J connectivity index is 1.45. The molecule has 6 nitrogen and oxygen atoms in total. The zero-order valence-corrected chi connectivity index (χ0v) is 16.1. The molecule has 2 aromatic carbocycles. The van der Waals surface area contributed by atoms with Gasteiger partial charge >= 0.3 is 0 Å². The monoisotopic (exact) mass is 376 g/mol. The van der Waals surface area contributed by atoms with Crippen LogP contribution in [-0.2, 0) is 11.8 Å². The first-order valence-electron chi connectivity index (χ1n) is 9.42. The molecule has 0 bridgehead atoms. The normalized spacial score (nSPS) is 16.4. The Labute approximate surface area is 164 Å². The summed E-state index contributed by atoms with van der Waals surface area (Å²) in [5.41, 5.74) is 4.19. The number of carbonyl (C=O) groups is 1. The van der Waals surface area contributed by atoms with Gasteiger partial charge in [0.2, 0.25) is 0 Å². The predicted octanol–water partition coefficient (Wildman–Crippen LogP) is 3.56. The number of aromatic nitrogens is 2. The highest BCUT2D eigenvalue weighted by molar-refractivity contribution is 6.03. The first kappa shape index (κ1) is 18.3. The van der Waals surface area contributed by atoms with Crippen LogP contribution in [0.2, 0.25) is 0 Å². The Morgan fingerprint density at radius 1 is 1.14 bits per heavy atom. The van der Waals surface area contributed by atoms with E-state index in [1.54, 1.807) is 18.8 Å². The Hall–Kier alpha value is -3.12. The summed E-state index contributed by atoms with van der Waals surface area (Å²) >= 11 is 0. The van der Waals surface area contributed by atoms with Gasteiger partial charge in [-0.15, -0.1) is 0 Å². The van der Waals surface area contributed by atoms with Crippen molar-refractivity contribution in [3.05, 3.63) is 66.4 Å². The van der Waals surface area contributed by atoms with Crippen molar-refractivity contribution in [3.8, 4) is 11.3 Å². The van der Waals surface area contributed by atoms with E-state index in [1.165, 1.54) is 0 Å². The highest BCUT2D eigenvalue weighted by Crippen LogP contribution is 2.24. The van der Waals surface area contributed by atoms with E-state index in [0.717, 1.165) is 42.1 Å². The van der Waals surface area contributed by atoms with Gasteiger partial charge < -0.3 is 15.0 Å². The summed E-state index contributed by atoms with van der Waals surface area (Å²) in [7, 11) is 3.54. The van der Waals surface area contributed by atoms with Gasteiger partial charge in [-0.2, -0.15) is 5.10 Å². The Bertz CT molecular complexity index is 950. The van der Waals surface area contributed by atoms with Crippen LogP contribution in [0.25, 0.3) is 11.3 Å². The van der Waals surface area contributed by atoms with Crippen LogP contribution < -0.4 is 10.2 Å². The molecule has 0 radical (unpaired) electrons. The quantitative estimate of drug-likeness (QED) is 0.740. The van der Waals surface area contributed by atoms with Gasteiger partial charge in [0.1, 0.15) is 5.69 Å². The van der Waals surface area contributed by atoms with Crippen molar-refractivity contribution >= 4 is 17.3 Å². The fourth-order valence-corrected chi connectivity index (χ4v) is 3.54. The van der Waals surface area contributed by atoms with Crippen molar-refractivity contribution in [2.24, 2.45) is 7.05 Å². The minimum absolute atomic E-state index is 0.175. The van der Waals surface area contributed by atoms with Crippen LogP contribution >= 0.6 is 0 Å². The van der Waals surface area contributed by atoms with E-state index >= 15 is 0 Å². The second-order valence-electron chi connectivity index (χ2n) is 7.00. The molecule has 144 valence electrons. The first-order valence-corrected chi connectivity index (χ1v) is 9.42. The van der Waals surface area contributed by atoms with Gasteiger partial charge in [-0.1, -0.05) is 30.3 Å². The summed E-state index contributed by atoms with van der Waals surface area (Å²) in [5.74, 6) is -0.175. The van der Waals surface area contributed by atoms with Crippen molar-refractivity contribution in [2.45, 2.75) is 12.5 Å². The topological polar surface area (TPSA) is 59.4 Å². The standard InChI is InChI=1S/C22H24N4O2/c1-25-21(14-20(24-25)16-6-4-3-5-7-16)22(27)23-17-8-10-18(11-9-17)26-13-12-19(15-26)28-2/h3-11,14,19H,12-13,15H2,1-2H3,(H,23,27)/t19-/m1/s1. The molecule has 1 atom stereocenters. The zero-order chi connectivity index (χ0) is 19.5. The van der Waals surface area contributed by atoms with E-state index in [1.807, 2.05) is 60.7 Å². The summed E-state index contributed by atoms with van der Waals surface area (Å²) in [5, 5.41) is 7.42. The molecule has 1 saturated heterocycles. The number of benzene rings is 2. The van der Waals surface area contributed by atoms with E-state index in [0.29, 0.717) is 11.8 Å². The van der Waals surface area contributed by atoms with E-state index in [-0.39, 0.29) is 5.91 Å². The number of carbonyl (C=O) groups excluding carboxylic acids is 1. The van der Waals surface area contributed by atoms with E-state index in [2.05, 4.69) is 15.3 Å². The number of methoxy groups -OCH3 is 1. The van der Waals surface area contributed by atoms with Crippen LogP contribution in [0, 0.1) is 0 Å². The molecule has 1 N–H and O–H groups in total. The number of amides is 1. The van der Waals surface area contributed by atoms with Gasteiger partial charge in [-0.05, 0) is 36.8 Å². The molecule has 0 unspecified atom stereocenters.